The zero-order valence-corrected chi connectivity index (χ0v) is 12.8. The SMILES string of the molecule is CC(C)(C)N(CCS(C)(=O)=O)C(=O)COCC(F)(F)F. The van der Waals surface area contributed by atoms with Gasteiger partial charge in [-0.3, -0.25) is 4.79 Å². The van der Waals surface area contributed by atoms with Gasteiger partial charge in [-0.15, -0.1) is 0 Å². The average molecular weight is 319 g/mol. The van der Waals surface area contributed by atoms with Crippen LogP contribution in [0.4, 0.5) is 13.2 Å². The second-order valence-electron chi connectivity index (χ2n) is 5.45. The molecule has 9 heteroatoms. The van der Waals surface area contributed by atoms with E-state index in [-0.39, 0.29) is 12.3 Å². The molecule has 0 heterocycles. The van der Waals surface area contributed by atoms with Crippen molar-refractivity contribution < 1.29 is 31.1 Å². The fourth-order valence-electron chi connectivity index (χ4n) is 1.42. The monoisotopic (exact) mass is 319 g/mol. The summed E-state index contributed by atoms with van der Waals surface area (Å²) in [6.45, 7) is 2.66. The van der Waals surface area contributed by atoms with Gasteiger partial charge in [0, 0.05) is 18.3 Å². The van der Waals surface area contributed by atoms with Crippen molar-refractivity contribution in [1.29, 1.82) is 0 Å². The highest BCUT2D eigenvalue weighted by Crippen LogP contribution is 2.16. The van der Waals surface area contributed by atoms with E-state index in [0.29, 0.717) is 0 Å². The summed E-state index contributed by atoms with van der Waals surface area (Å²) in [7, 11) is -3.27. The third-order valence-electron chi connectivity index (χ3n) is 2.29. The van der Waals surface area contributed by atoms with Gasteiger partial charge in [-0.05, 0) is 20.8 Å². The summed E-state index contributed by atoms with van der Waals surface area (Å²) in [5, 5.41) is 0. The van der Waals surface area contributed by atoms with E-state index >= 15 is 0 Å². The number of sulfone groups is 1. The van der Waals surface area contributed by atoms with E-state index in [1.54, 1.807) is 20.8 Å². The standard InChI is InChI=1S/C11H20F3NO4S/c1-10(2,3)15(5-6-20(4,17)18)9(16)7-19-8-11(12,13)14/h5-8H2,1-4H3. The normalized spacial score (nSPS) is 13.3. The first kappa shape index (κ1) is 19.2. The zero-order valence-electron chi connectivity index (χ0n) is 12.0. The summed E-state index contributed by atoms with van der Waals surface area (Å²) in [4.78, 5) is 13.0. The first-order chi connectivity index (χ1) is 8.72. The Balaban J connectivity index is 4.60. The Kier molecular flexibility index (Phi) is 6.47. The quantitative estimate of drug-likeness (QED) is 0.739. The van der Waals surface area contributed by atoms with Crippen molar-refractivity contribution in [2.45, 2.75) is 32.5 Å². The van der Waals surface area contributed by atoms with Crippen LogP contribution in [-0.2, 0) is 19.4 Å². The van der Waals surface area contributed by atoms with Crippen LogP contribution in [0.2, 0.25) is 0 Å². The summed E-state index contributed by atoms with van der Waals surface area (Å²) in [5.74, 6) is -0.930. The van der Waals surface area contributed by atoms with Gasteiger partial charge in [0.2, 0.25) is 5.91 Å². The number of nitrogens with zero attached hydrogens (tertiary/aromatic N) is 1. The highest BCUT2D eigenvalue weighted by molar-refractivity contribution is 7.90. The second-order valence-corrected chi connectivity index (χ2v) is 7.71. The molecule has 0 rings (SSSR count). The molecular formula is C11H20F3NO4S. The second kappa shape index (κ2) is 6.75. The van der Waals surface area contributed by atoms with Gasteiger partial charge in [-0.1, -0.05) is 0 Å². The predicted molar refractivity (Wildman–Crippen MR) is 68.1 cm³/mol. The molecule has 0 radical (unpaired) electrons. The molecule has 0 aliphatic rings. The number of carbonyl (C=O) groups is 1. The van der Waals surface area contributed by atoms with Crippen molar-refractivity contribution in [3.05, 3.63) is 0 Å². The van der Waals surface area contributed by atoms with Crippen molar-refractivity contribution in [2.24, 2.45) is 0 Å². The van der Waals surface area contributed by atoms with E-state index < -0.39 is 40.7 Å². The van der Waals surface area contributed by atoms with Crippen molar-refractivity contribution in [3.8, 4) is 0 Å². The minimum absolute atomic E-state index is 0.0868. The van der Waals surface area contributed by atoms with Crippen molar-refractivity contribution in [3.63, 3.8) is 0 Å². The molecule has 20 heavy (non-hydrogen) atoms. The molecule has 0 aromatic rings. The minimum Gasteiger partial charge on any atom is -0.362 e. The molecule has 0 spiro atoms. The lowest BCUT2D eigenvalue weighted by atomic mass is 10.1. The number of amides is 1. The maximum absolute atomic E-state index is 11.9. The zero-order chi connectivity index (χ0) is 16.2. The Bertz CT molecular complexity index is 426. The molecule has 0 fully saturated rings. The van der Waals surface area contributed by atoms with Crippen LogP contribution in [0.5, 0.6) is 0 Å². The Hall–Kier alpha value is -0.830. The van der Waals surface area contributed by atoms with E-state index in [1.807, 2.05) is 0 Å². The Labute approximate surface area is 117 Å². The van der Waals surface area contributed by atoms with Crippen molar-refractivity contribution in [1.82, 2.24) is 4.90 Å². The number of halogens is 3. The molecule has 0 bridgehead atoms. The van der Waals surface area contributed by atoms with Gasteiger partial charge >= 0.3 is 6.18 Å². The van der Waals surface area contributed by atoms with Crippen LogP contribution in [0.15, 0.2) is 0 Å². The molecule has 5 nitrogen and oxygen atoms in total. The van der Waals surface area contributed by atoms with Crippen LogP contribution in [0.1, 0.15) is 20.8 Å². The number of alkyl halides is 3. The van der Waals surface area contributed by atoms with Crippen LogP contribution < -0.4 is 0 Å². The molecule has 0 aromatic heterocycles. The maximum atomic E-state index is 11.9. The fourth-order valence-corrected chi connectivity index (χ4v) is 1.94. The summed E-state index contributed by atoms with van der Waals surface area (Å²) < 4.78 is 62.3. The molecule has 0 atom stereocenters. The van der Waals surface area contributed by atoms with Gasteiger partial charge in [0.15, 0.2) is 0 Å². The number of carbonyl (C=O) groups excluding carboxylic acids is 1. The Morgan fingerprint density at radius 3 is 2.05 bits per heavy atom. The average Bonchev–Trinajstić information content (AvgIpc) is 2.10. The topological polar surface area (TPSA) is 63.7 Å². The van der Waals surface area contributed by atoms with Gasteiger partial charge in [-0.2, -0.15) is 13.2 Å². The molecule has 0 aliphatic carbocycles. The summed E-state index contributed by atoms with van der Waals surface area (Å²) in [6, 6.07) is 0. The van der Waals surface area contributed by atoms with Crippen LogP contribution in [-0.4, -0.2) is 62.7 Å². The van der Waals surface area contributed by atoms with E-state index in [1.165, 1.54) is 4.90 Å². The molecule has 0 unspecified atom stereocenters. The molecule has 120 valence electrons. The molecular weight excluding hydrogens is 299 g/mol. The Morgan fingerprint density at radius 2 is 1.70 bits per heavy atom. The molecule has 1 amide bonds. The van der Waals surface area contributed by atoms with Crippen LogP contribution in [0.3, 0.4) is 0 Å². The number of rotatable bonds is 6. The van der Waals surface area contributed by atoms with Gasteiger partial charge < -0.3 is 9.64 Å². The Morgan fingerprint density at radius 1 is 1.20 bits per heavy atom. The summed E-state index contributed by atoms with van der Waals surface area (Å²) in [5.41, 5.74) is -0.705. The summed E-state index contributed by atoms with van der Waals surface area (Å²) >= 11 is 0. The van der Waals surface area contributed by atoms with Crippen molar-refractivity contribution >= 4 is 15.7 Å². The molecule has 0 N–H and O–H groups in total. The van der Waals surface area contributed by atoms with E-state index in [0.717, 1.165) is 6.26 Å². The van der Waals surface area contributed by atoms with Gasteiger partial charge in [0.05, 0.1) is 5.75 Å². The maximum Gasteiger partial charge on any atom is 0.411 e. The third-order valence-corrected chi connectivity index (χ3v) is 3.21. The van der Waals surface area contributed by atoms with Gasteiger partial charge in [-0.25, -0.2) is 8.42 Å². The van der Waals surface area contributed by atoms with Crippen LogP contribution in [0, 0.1) is 0 Å². The van der Waals surface area contributed by atoms with Gasteiger partial charge in [0.1, 0.15) is 23.1 Å². The summed E-state index contributed by atoms with van der Waals surface area (Å²) in [6.07, 6.45) is -3.47. The minimum atomic E-state index is -4.50. The first-order valence-corrected chi connectivity index (χ1v) is 7.91. The lowest BCUT2D eigenvalue weighted by Gasteiger charge is -2.35. The van der Waals surface area contributed by atoms with E-state index in [2.05, 4.69) is 4.74 Å². The van der Waals surface area contributed by atoms with Crippen LogP contribution >= 0.6 is 0 Å². The largest absolute Gasteiger partial charge is 0.411 e. The van der Waals surface area contributed by atoms with Gasteiger partial charge in [0.25, 0.3) is 0 Å². The smallest absolute Gasteiger partial charge is 0.362 e. The molecule has 0 aliphatic heterocycles. The lowest BCUT2D eigenvalue weighted by molar-refractivity contribution is -0.178. The van der Waals surface area contributed by atoms with E-state index in [4.69, 9.17) is 0 Å². The van der Waals surface area contributed by atoms with Crippen molar-refractivity contribution in [2.75, 3.05) is 31.8 Å². The molecule has 0 saturated carbocycles. The predicted octanol–water partition coefficient (Wildman–Crippen LogP) is 1.24. The van der Waals surface area contributed by atoms with Crippen LogP contribution in [0.25, 0.3) is 0 Å². The fraction of sp³-hybridized carbons (Fsp3) is 0.909. The third kappa shape index (κ3) is 9.13. The highest BCUT2D eigenvalue weighted by atomic mass is 32.2. The molecule has 0 saturated heterocycles. The molecule has 0 aromatic carbocycles. The van der Waals surface area contributed by atoms with E-state index in [9.17, 15) is 26.4 Å². The number of hydrogen-bond donors (Lipinski definition) is 0. The lowest BCUT2D eigenvalue weighted by Crippen LogP contribution is -2.49. The number of ether oxygens (including phenoxy) is 1. The number of hydrogen-bond acceptors (Lipinski definition) is 4. The highest BCUT2D eigenvalue weighted by Gasteiger charge is 2.30. The first-order valence-electron chi connectivity index (χ1n) is 5.85.